The third-order valence-electron chi connectivity index (χ3n) is 2.74. The normalized spacial score (nSPS) is 19.2. The van der Waals surface area contributed by atoms with Gasteiger partial charge in [0.2, 0.25) is 0 Å². The average Bonchev–Trinajstić information content (AvgIpc) is 2.78. The van der Waals surface area contributed by atoms with E-state index < -0.39 is 10.8 Å². The number of nitrogens with one attached hydrogen (secondary N) is 1. The van der Waals surface area contributed by atoms with Crippen LogP contribution in [0.25, 0.3) is 0 Å². The Balaban J connectivity index is 0.00000162. The molecule has 1 aliphatic rings. The summed E-state index contributed by atoms with van der Waals surface area (Å²) in [6.07, 6.45) is 0. The highest BCUT2D eigenvalue weighted by Gasteiger charge is 2.27. The molecule has 18 heavy (non-hydrogen) atoms. The van der Waals surface area contributed by atoms with Crippen LogP contribution in [0.5, 0.6) is 0 Å². The third-order valence-corrected chi connectivity index (χ3v) is 2.74. The molecule has 2 heterocycles. The highest BCUT2D eigenvalue weighted by atomic mass is 35.5. The Morgan fingerprint density at radius 3 is 2.89 bits per heavy atom. The Morgan fingerprint density at radius 1 is 1.61 bits per heavy atom. The van der Waals surface area contributed by atoms with Crippen molar-refractivity contribution >= 4 is 24.2 Å². The van der Waals surface area contributed by atoms with Gasteiger partial charge in [-0.1, -0.05) is 0 Å². The first-order chi connectivity index (χ1) is 8.09. The van der Waals surface area contributed by atoms with Gasteiger partial charge in [0.1, 0.15) is 4.92 Å². The predicted octanol–water partition coefficient (Wildman–Crippen LogP) is 1.04. The van der Waals surface area contributed by atoms with Crippen LogP contribution in [0.3, 0.4) is 0 Å². The lowest BCUT2D eigenvalue weighted by atomic mass is 10.2. The van der Waals surface area contributed by atoms with Crippen LogP contribution < -0.4 is 5.32 Å². The van der Waals surface area contributed by atoms with E-state index in [9.17, 15) is 14.9 Å². The quantitative estimate of drug-likeness (QED) is 0.643. The fourth-order valence-corrected chi connectivity index (χ4v) is 1.83. The predicted molar refractivity (Wildman–Crippen MR) is 66.0 cm³/mol. The van der Waals surface area contributed by atoms with Crippen molar-refractivity contribution in [2.75, 3.05) is 19.6 Å². The van der Waals surface area contributed by atoms with Crippen molar-refractivity contribution in [2.24, 2.45) is 0 Å². The molecule has 1 aliphatic heterocycles. The fourth-order valence-electron chi connectivity index (χ4n) is 1.83. The van der Waals surface area contributed by atoms with Gasteiger partial charge in [-0.15, -0.1) is 12.4 Å². The maximum Gasteiger partial charge on any atom is 0.433 e. The summed E-state index contributed by atoms with van der Waals surface area (Å²) in [7, 11) is 0. The minimum atomic E-state index is -0.655. The summed E-state index contributed by atoms with van der Waals surface area (Å²) in [5.74, 6) is -0.686. The molecule has 0 radical (unpaired) electrons. The molecule has 1 aromatic heterocycles. The first kappa shape index (κ1) is 14.5. The maximum atomic E-state index is 12.0. The summed E-state index contributed by atoms with van der Waals surface area (Å²) in [4.78, 5) is 23.5. The van der Waals surface area contributed by atoms with Crippen LogP contribution in [0.1, 0.15) is 17.5 Å². The fraction of sp³-hybridized carbons (Fsp3) is 0.500. The van der Waals surface area contributed by atoms with Gasteiger partial charge in [0, 0.05) is 25.7 Å². The number of furan rings is 1. The first-order valence-corrected chi connectivity index (χ1v) is 5.35. The minimum Gasteiger partial charge on any atom is -0.395 e. The summed E-state index contributed by atoms with van der Waals surface area (Å²) in [6, 6.07) is 2.59. The molecule has 100 valence electrons. The van der Waals surface area contributed by atoms with Crippen molar-refractivity contribution in [1.29, 1.82) is 0 Å². The van der Waals surface area contributed by atoms with E-state index in [-0.39, 0.29) is 30.1 Å². The lowest BCUT2D eigenvalue weighted by Crippen LogP contribution is -2.52. The van der Waals surface area contributed by atoms with Gasteiger partial charge >= 0.3 is 5.88 Å². The van der Waals surface area contributed by atoms with Crippen molar-refractivity contribution < 1.29 is 14.1 Å². The number of rotatable bonds is 2. The number of halogens is 1. The van der Waals surface area contributed by atoms with Crippen molar-refractivity contribution in [2.45, 2.75) is 13.0 Å². The summed E-state index contributed by atoms with van der Waals surface area (Å²) in [5.41, 5.74) is 0. The van der Waals surface area contributed by atoms with Crippen LogP contribution in [0.15, 0.2) is 16.5 Å². The van der Waals surface area contributed by atoms with Crippen LogP contribution in [0, 0.1) is 10.1 Å². The van der Waals surface area contributed by atoms with Gasteiger partial charge in [-0.25, -0.2) is 0 Å². The number of amides is 1. The topological polar surface area (TPSA) is 88.6 Å². The zero-order chi connectivity index (χ0) is 12.4. The Bertz CT molecular complexity index is 448. The molecular formula is C10H14ClN3O4. The number of hydrogen-bond acceptors (Lipinski definition) is 5. The number of carbonyl (C=O) groups is 1. The molecule has 7 nitrogen and oxygen atoms in total. The highest BCUT2D eigenvalue weighted by molar-refractivity contribution is 5.92. The SMILES string of the molecule is C[C@@H]1CNCCN1C(=O)c1ccc([N+](=O)[O-])o1.Cl. The van der Waals surface area contributed by atoms with E-state index in [4.69, 9.17) is 4.42 Å². The van der Waals surface area contributed by atoms with Gasteiger partial charge in [0.25, 0.3) is 5.91 Å². The Morgan fingerprint density at radius 2 is 2.33 bits per heavy atom. The van der Waals surface area contributed by atoms with E-state index in [0.717, 1.165) is 6.54 Å². The average molecular weight is 276 g/mol. The van der Waals surface area contributed by atoms with Gasteiger partial charge in [-0.05, 0) is 13.0 Å². The lowest BCUT2D eigenvalue weighted by Gasteiger charge is -2.33. The Hall–Kier alpha value is -1.60. The molecule has 0 aromatic carbocycles. The Labute approximate surface area is 110 Å². The molecule has 0 unspecified atom stereocenters. The summed E-state index contributed by atoms with van der Waals surface area (Å²) >= 11 is 0. The molecule has 0 spiro atoms. The molecule has 1 N–H and O–H groups in total. The molecule has 1 amide bonds. The molecule has 8 heteroatoms. The van der Waals surface area contributed by atoms with E-state index in [1.807, 2.05) is 6.92 Å². The molecule has 1 fully saturated rings. The van der Waals surface area contributed by atoms with E-state index in [0.29, 0.717) is 13.1 Å². The van der Waals surface area contributed by atoms with E-state index in [2.05, 4.69) is 5.32 Å². The summed E-state index contributed by atoms with van der Waals surface area (Å²) < 4.78 is 4.90. The van der Waals surface area contributed by atoms with E-state index in [1.165, 1.54) is 12.1 Å². The number of hydrogen-bond donors (Lipinski definition) is 1. The highest BCUT2D eigenvalue weighted by Crippen LogP contribution is 2.18. The zero-order valence-corrected chi connectivity index (χ0v) is 10.6. The summed E-state index contributed by atoms with van der Waals surface area (Å²) in [6.45, 7) is 3.93. The zero-order valence-electron chi connectivity index (χ0n) is 9.79. The van der Waals surface area contributed by atoms with Gasteiger partial charge in [-0.3, -0.25) is 14.9 Å². The number of carbonyl (C=O) groups excluding carboxylic acids is 1. The Kier molecular flexibility index (Phi) is 4.69. The van der Waals surface area contributed by atoms with Crippen molar-refractivity contribution in [3.63, 3.8) is 0 Å². The van der Waals surface area contributed by atoms with Crippen molar-refractivity contribution in [3.05, 3.63) is 28.0 Å². The maximum absolute atomic E-state index is 12.0. The number of piperazine rings is 1. The molecular weight excluding hydrogens is 262 g/mol. The van der Waals surface area contributed by atoms with Crippen LogP contribution in [0.4, 0.5) is 5.88 Å². The van der Waals surface area contributed by atoms with Crippen molar-refractivity contribution in [3.8, 4) is 0 Å². The number of nitro groups is 1. The molecule has 0 aliphatic carbocycles. The van der Waals surface area contributed by atoms with Gasteiger partial charge < -0.3 is 14.6 Å². The smallest absolute Gasteiger partial charge is 0.395 e. The number of nitrogens with zero attached hydrogens (tertiary/aromatic N) is 2. The monoisotopic (exact) mass is 275 g/mol. The second-order valence-corrected chi connectivity index (χ2v) is 3.95. The lowest BCUT2D eigenvalue weighted by molar-refractivity contribution is -0.402. The van der Waals surface area contributed by atoms with Crippen LogP contribution in [-0.2, 0) is 0 Å². The second-order valence-electron chi connectivity index (χ2n) is 3.95. The molecule has 1 aromatic rings. The largest absolute Gasteiger partial charge is 0.433 e. The molecule has 2 rings (SSSR count). The second kappa shape index (κ2) is 5.83. The van der Waals surface area contributed by atoms with Gasteiger partial charge in [0.05, 0.1) is 6.07 Å². The standard InChI is InChI=1S/C10H13N3O4.ClH/c1-7-6-11-4-5-12(7)10(14)8-2-3-9(17-8)13(15)16;/h2-3,7,11H,4-6H2,1H3;1H/t7-;/m1./s1. The third kappa shape index (κ3) is 2.80. The van der Waals surface area contributed by atoms with E-state index >= 15 is 0 Å². The van der Waals surface area contributed by atoms with Crippen molar-refractivity contribution in [1.82, 2.24) is 10.2 Å². The first-order valence-electron chi connectivity index (χ1n) is 5.35. The van der Waals surface area contributed by atoms with Gasteiger partial charge in [0.15, 0.2) is 5.76 Å². The molecule has 0 bridgehead atoms. The van der Waals surface area contributed by atoms with Crippen LogP contribution >= 0.6 is 12.4 Å². The molecule has 0 saturated carbocycles. The van der Waals surface area contributed by atoms with E-state index in [1.54, 1.807) is 4.90 Å². The minimum absolute atomic E-state index is 0. The summed E-state index contributed by atoms with van der Waals surface area (Å²) in [5, 5.41) is 13.6. The van der Waals surface area contributed by atoms with Crippen LogP contribution in [-0.4, -0.2) is 41.4 Å². The molecule has 1 atom stereocenters. The van der Waals surface area contributed by atoms with Crippen LogP contribution in [0.2, 0.25) is 0 Å². The molecule has 1 saturated heterocycles. The van der Waals surface area contributed by atoms with Gasteiger partial charge in [-0.2, -0.15) is 0 Å².